The highest BCUT2D eigenvalue weighted by Gasteiger charge is 2.18. The lowest BCUT2D eigenvalue weighted by molar-refractivity contribution is 0.0976. The van der Waals surface area contributed by atoms with E-state index in [1.54, 1.807) is 39.7 Å². The van der Waals surface area contributed by atoms with E-state index in [-0.39, 0.29) is 11.6 Å². The Morgan fingerprint density at radius 2 is 1.93 bits per heavy atom. The number of hydrogen-bond acceptors (Lipinski definition) is 3. The minimum atomic E-state index is -0.290. The van der Waals surface area contributed by atoms with E-state index in [9.17, 15) is 9.18 Å². The van der Waals surface area contributed by atoms with Gasteiger partial charge in [-0.05, 0) is 55.3 Å². The highest BCUT2D eigenvalue weighted by atomic mass is 35.5. The number of imidazole rings is 1. The second kappa shape index (κ2) is 7.56. The third kappa shape index (κ3) is 3.55. The van der Waals surface area contributed by atoms with Crippen molar-refractivity contribution in [1.29, 1.82) is 0 Å². The number of rotatable bonds is 6. The smallest absolute Gasteiger partial charge is 0.181 e. The number of Topliss-reactive ketones (excluding diaryl/α,β-unsaturated/α-hetero) is 1. The Hall–Kier alpha value is -2.99. The molecule has 142 valence electrons. The van der Waals surface area contributed by atoms with Crippen LogP contribution < -0.4 is 0 Å². The number of ketones is 1. The van der Waals surface area contributed by atoms with Crippen molar-refractivity contribution in [2.75, 3.05) is 0 Å². The van der Waals surface area contributed by atoms with Crippen LogP contribution in [0, 0.1) is 5.82 Å². The van der Waals surface area contributed by atoms with Gasteiger partial charge in [-0.3, -0.25) is 9.20 Å². The summed E-state index contributed by atoms with van der Waals surface area (Å²) in [5.41, 5.74) is 3.62. The van der Waals surface area contributed by atoms with Crippen molar-refractivity contribution >= 4 is 23.0 Å². The Labute approximate surface area is 166 Å². The number of aromatic nitrogens is 4. The van der Waals surface area contributed by atoms with Crippen LogP contribution in [0.4, 0.5) is 4.39 Å². The molecule has 4 aromatic rings. The van der Waals surface area contributed by atoms with Gasteiger partial charge in [0.2, 0.25) is 0 Å². The molecule has 0 radical (unpaired) electrons. The van der Waals surface area contributed by atoms with E-state index in [4.69, 9.17) is 11.6 Å². The zero-order chi connectivity index (χ0) is 19.7. The molecule has 0 atom stereocenters. The summed E-state index contributed by atoms with van der Waals surface area (Å²) in [6.07, 6.45) is 5.01. The van der Waals surface area contributed by atoms with Gasteiger partial charge in [0, 0.05) is 18.8 Å². The predicted molar refractivity (Wildman–Crippen MR) is 106 cm³/mol. The molecule has 0 fully saturated rings. The van der Waals surface area contributed by atoms with E-state index in [0.717, 1.165) is 17.1 Å². The molecule has 3 heterocycles. The zero-order valence-corrected chi connectivity index (χ0v) is 16.0. The number of carbonyl (C=O) groups excluding carboxylic acids is 1. The summed E-state index contributed by atoms with van der Waals surface area (Å²) in [6.45, 7) is 1.98. The van der Waals surface area contributed by atoms with Gasteiger partial charge in [-0.2, -0.15) is 5.10 Å². The molecule has 0 unspecified atom stereocenters. The Bertz CT molecular complexity index is 1150. The topological polar surface area (TPSA) is 52.2 Å². The van der Waals surface area contributed by atoms with Crippen molar-refractivity contribution < 1.29 is 9.18 Å². The van der Waals surface area contributed by atoms with Crippen LogP contribution in [0.1, 0.15) is 35.2 Å². The molecular formula is C21H18ClFN4O. The molecule has 0 bridgehead atoms. The standard InChI is InChI=1S/C21H18ClFN4O/c1-2-18-21(26-13-14(22)3-10-20(26)24-18)19(28)9-6-16-11-12-27(25-16)17-7-4-15(23)5-8-17/h3-5,7-8,10-13H,2,6,9H2,1H3. The van der Waals surface area contributed by atoms with Crippen LogP contribution in [0.15, 0.2) is 54.9 Å². The van der Waals surface area contributed by atoms with Crippen molar-refractivity contribution in [2.24, 2.45) is 0 Å². The van der Waals surface area contributed by atoms with Gasteiger partial charge in [0.25, 0.3) is 0 Å². The summed E-state index contributed by atoms with van der Waals surface area (Å²) in [6, 6.07) is 11.5. The summed E-state index contributed by atoms with van der Waals surface area (Å²) in [5.74, 6) is -0.287. The minimum absolute atomic E-state index is 0.00273. The highest BCUT2D eigenvalue weighted by molar-refractivity contribution is 6.30. The summed E-state index contributed by atoms with van der Waals surface area (Å²) < 4.78 is 16.5. The first-order chi connectivity index (χ1) is 13.5. The van der Waals surface area contributed by atoms with Crippen LogP contribution in [0.25, 0.3) is 11.3 Å². The molecule has 0 aliphatic carbocycles. The lowest BCUT2D eigenvalue weighted by Gasteiger charge is -2.04. The Morgan fingerprint density at radius 3 is 2.68 bits per heavy atom. The molecular weight excluding hydrogens is 379 g/mol. The second-order valence-corrected chi connectivity index (χ2v) is 6.92. The van der Waals surface area contributed by atoms with Gasteiger partial charge in [0.15, 0.2) is 5.78 Å². The minimum Gasteiger partial charge on any atom is -0.295 e. The average molecular weight is 397 g/mol. The van der Waals surface area contributed by atoms with Crippen molar-refractivity contribution in [2.45, 2.75) is 26.2 Å². The van der Waals surface area contributed by atoms with E-state index in [0.29, 0.717) is 35.6 Å². The maximum Gasteiger partial charge on any atom is 0.181 e. The molecule has 5 nitrogen and oxygen atoms in total. The monoisotopic (exact) mass is 396 g/mol. The molecule has 1 aromatic carbocycles. The quantitative estimate of drug-likeness (QED) is 0.444. The molecule has 0 amide bonds. The van der Waals surface area contributed by atoms with Crippen molar-refractivity contribution in [1.82, 2.24) is 19.2 Å². The van der Waals surface area contributed by atoms with Gasteiger partial charge in [0.05, 0.1) is 22.1 Å². The van der Waals surface area contributed by atoms with Crippen LogP contribution in [-0.4, -0.2) is 24.9 Å². The Balaban J connectivity index is 1.53. The zero-order valence-electron chi connectivity index (χ0n) is 15.3. The van der Waals surface area contributed by atoms with Gasteiger partial charge >= 0.3 is 0 Å². The normalized spacial score (nSPS) is 11.2. The summed E-state index contributed by atoms with van der Waals surface area (Å²) in [7, 11) is 0. The summed E-state index contributed by atoms with van der Waals surface area (Å²) >= 11 is 6.10. The molecule has 0 aliphatic heterocycles. The summed E-state index contributed by atoms with van der Waals surface area (Å²) in [5, 5.41) is 5.04. The molecule has 0 saturated heterocycles. The van der Waals surface area contributed by atoms with E-state index >= 15 is 0 Å². The van der Waals surface area contributed by atoms with E-state index < -0.39 is 0 Å². The lowest BCUT2D eigenvalue weighted by atomic mass is 10.1. The first-order valence-corrected chi connectivity index (χ1v) is 9.43. The number of hydrogen-bond donors (Lipinski definition) is 0. The third-order valence-electron chi connectivity index (χ3n) is 4.60. The fourth-order valence-electron chi connectivity index (χ4n) is 3.20. The van der Waals surface area contributed by atoms with Crippen LogP contribution >= 0.6 is 11.6 Å². The average Bonchev–Trinajstić information content (AvgIpc) is 3.31. The van der Waals surface area contributed by atoms with Crippen molar-refractivity contribution in [3.63, 3.8) is 0 Å². The van der Waals surface area contributed by atoms with Crippen LogP contribution in [0.3, 0.4) is 0 Å². The van der Waals surface area contributed by atoms with Crippen LogP contribution in [0.2, 0.25) is 5.02 Å². The summed E-state index contributed by atoms with van der Waals surface area (Å²) in [4.78, 5) is 17.5. The maximum atomic E-state index is 13.1. The molecule has 0 N–H and O–H groups in total. The van der Waals surface area contributed by atoms with Gasteiger partial charge in [-0.25, -0.2) is 14.1 Å². The fraction of sp³-hybridized carbons (Fsp3) is 0.190. The van der Waals surface area contributed by atoms with Gasteiger partial charge in [-0.15, -0.1) is 0 Å². The molecule has 0 spiro atoms. The van der Waals surface area contributed by atoms with Crippen LogP contribution in [-0.2, 0) is 12.8 Å². The van der Waals surface area contributed by atoms with Gasteiger partial charge < -0.3 is 0 Å². The number of pyridine rings is 1. The number of benzene rings is 1. The number of aryl methyl sites for hydroxylation is 2. The van der Waals surface area contributed by atoms with Crippen molar-refractivity contribution in [3.8, 4) is 5.69 Å². The first-order valence-electron chi connectivity index (χ1n) is 9.05. The molecule has 4 rings (SSSR count). The predicted octanol–water partition coefficient (Wildman–Crippen LogP) is 4.69. The molecule has 3 aromatic heterocycles. The Morgan fingerprint density at radius 1 is 1.14 bits per heavy atom. The van der Waals surface area contributed by atoms with E-state index in [1.807, 2.05) is 19.1 Å². The Kier molecular flexibility index (Phi) is 4.96. The molecule has 0 saturated carbocycles. The molecule has 0 aliphatic rings. The number of carbonyl (C=O) groups is 1. The van der Waals surface area contributed by atoms with E-state index in [1.165, 1.54) is 12.1 Å². The number of halogens is 2. The third-order valence-corrected chi connectivity index (χ3v) is 4.82. The SMILES string of the molecule is CCc1nc2ccc(Cl)cn2c1C(=O)CCc1ccn(-c2ccc(F)cc2)n1. The highest BCUT2D eigenvalue weighted by Crippen LogP contribution is 2.19. The first kappa shape index (κ1) is 18.4. The van der Waals surface area contributed by atoms with Crippen molar-refractivity contribution in [3.05, 3.63) is 82.8 Å². The van der Waals surface area contributed by atoms with Gasteiger partial charge in [0.1, 0.15) is 17.2 Å². The number of fused-ring (bicyclic) bond motifs is 1. The maximum absolute atomic E-state index is 13.1. The molecule has 28 heavy (non-hydrogen) atoms. The second-order valence-electron chi connectivity index (χ2n) is 6.49. The van der Waals surface area contributed by atoms with Crippen LogP contribution in [0.5, 0.6) is 0 Å². The van der Waals surface area contributed by atoms with E-state index in [2.05, 4.69) is 10.1 Å². The molecule has 7 heteroatoms. The lowest BCUT2D eigenvalue weighted by Crippen LogP contribution is -2.08. The number of nitrogens with zero attached hydrogens (tertiary/aromatic N) is 4. The fourth-order valence-corrected chi connectivity index (χ4v) is 3.36. The van der Waals surface area contributed by atoms with Gasteiger partial charge in [-0.1, -0.05) is 18.5 Å². The largest absolute Gasteiger partial charge is 0.295 e.